The van der Waals surface area contributed by atoms with E-state index in [1.807, 2.05) is 6.92 Å². The van der Waals surface area contributed by atoms with Crippen molar-refractivity contribution in [3.05, 3.63) is 29.7 Å². The maximum atomic E-state index is 13.8. The van der Waals surface area contributed by atoms with E-state index in [-0.39, 0.29) is 5.82 Å². The van der Waals surface area contributed by atoms with Crippen LogP contribution in [-0.4, -0.2) is 21.5 Å². The van der Waals surface area contributed by atoms with E-state index in [4.69, 9.17) is 4.74 Å². The second-order valence-corrected chi connectivity index (χ2v) is 5.33. The highest BCUT2D eigenvalue weighted by molar-refractivity contribution is 5.90. The number of halogens is 1. The molecule has 0 saturated heterocycles. The van der Waals surface area contributed by atoms with Crippen molar-refractivity contribution in [2.75, 3.05) is 0 Å². The Kier molecular flexibility index (Phi) is 3.30. The molecule has 4 nitrogen and oxygen atoms in total. The SMILES string of the molecule is CCc1nn(C(=O)OC(C)(C)C)c2cccc(F)c12. The summed E-state index contributed by atoms with van der Waals surface area (Å²) in [5.41, 5.74) is 0.375. The van der Waals surface area contributed by atoms with Gasteiger partial charge in [-0.25, -0.2) is 9.18 Å². The molecule has 5 heteroatoms. The molecule has 0 saturated carbocycles. The maximum absolute atomic E-state index is 13.8. The number of aryl methyl sites for hydroxylation is 1. The van der Waals surface area contributed by atoms with Crippen LogP contribution in [0.3, 0.4) is 0 Å². The highest BCUT2D eigenvalue weighted by Gasteiger charge is 2.22. The topological polar surface area (TPSA) is 44.1 Å². The first-order chi connectivity index (χ1) is 8.83. The Morgan fingerprint density at radius 1 is 1.42 bits per heavy atom. The van der Waals surface area contributed by atoms with Crippen molar-refractivity contribution in [1.29, 1.82) is 0 Å². The van der Waals surface area contributed by atoms with E-state index in [2.05, 4.69) is 5.10 Å². The van der Waals surface area contributed by atoms with Gasteiger partial charge in [0, 0.05) is 0 Å². The smallest absolute Gasteiger partial charge is 0.435 e. The van der Waals surface area contributed by atoms with Crippen molar-refractivity contribution < 1.29 is 13.9 Å². The monoisotopic (exact) mass is 264 g/mol. The fraction of sp³-hybridized carbons (Fsp3) is 0.429. The van der Waals surface area contributed by atoms with Crippen molar-refractivity contribution in [1.82, 2.24) is 9.78 Å². The molecule has 0 aliphatic rings. The van der Waals surface area contributed by atoms with Crippen LogP contribution in [-0.2, 0) is 11.2 Å². The average Bonchev–Trinajstić information content (AvgIpc) is 2.67. The van der Waals surface area contributed by atoms with Crippen LogP contribution in [0.2, 0.25) is 0 Å². The lowest BCUT2D eigenvalue weighted by Gasteiger charge is -2.19. The zero-order valence-electron chi connectivity index (χ0n) is 11.5. The van der Waals surface area contributed by atoms with E-state index < -0.39 is 11.7 Å². The third-order valence-corrected chi connectivity index (χ3v) is 2.63. The van der Waals surface area contributed by atoms with Crippen LogP contribution in [0.5, 0.6) is 0 Å². The Labute approximate surface area is 111 Å². The first kappa shape index (κ1) is 13.5. The molecule has 19 heavy (non-hydrogen) atoms. The Hall–Kier alpha value is -1.91. The van der Waals surface area contributed by atoms with Crippen LogP contribution >= 0.6 is 0 Å². The minimum Gasteiger partial charge on any atom is -0.442 e. The predicted octanol–water partition coefficient (Wildman–Crippen LogP) is 3.52. The van der Waals surface area contributed by atoms with Gasteiger partial charge in [-0.2, -0.15) is 9.78 Å². The van der Waals surface area contributed by atoms with Crippen molar-refractivity contribution >= 4 is 17.0 Å². The second kappa shape index (κ2) is 4.64. The number of hydrogen-bond donors (Lipinski definition) is 0. The third-order valence-electron chi connectivity index (χ3n) is 2.63. The molecule has 0 aliphatic carbocycles. The lowest BCUT2D eigenvalue weighted by molar-refractivity contribution is 0.0522. The summed E-state index contributed by atoms with van der Waals surface area (Å²) in [4.78, 5) is 12.1. The minimum atomic E-state index is -0.616. The molecule has 0 N–H and O–H groups in total. The molecule has 2 aromatic rings. The largest absolute Gasteiger partial charge is 0.442 e. The summed E-state index contributed by atoms with van der Waals surface area (Å²) in [7, 11) is 0. The van der Waals surface area contributed by atoms with Gasteiger partial charge in [-0.1, -0.05) is 13.0 Å². The lowest BCUT2D eigenvalue weighted by atomic mass is 10.1. The number of aromatic nitrogens is 2. The summed E-state index contributed by atoms with van der Waals surface area (Å²) in [6.45, 7) is 7.20. The molecule has 0 bridgehead atoms. The second-order valence-electron chi connectivity index (χ2n) is 5.33. The molecule has 102 valence electrons. The van der Waals surface area contributed by atoms with Gasteiger partial charge in [0.15, 0.2) is 0 Å². The first-order valence-corrected chi connectivity index (χ1v) is 6.23. The van der Waals surface area contributed by atoms with Crippen molar-refractivity contribution in [3.8, 4) is 0 Å². The van der Waals surface area contributed by atoms with Crippen LogP contribution in [0.25, 0.3) is 10.9 Å². The Morgan fingerprint density at radius 2 is 2.11 bits per heavy atom. The van der Waals surface area contributed by atoms with E-state index >= 15 is 0 Å². The molecule has 0 aliphatic heterocycles. The zero-order valence-corrected chi connectivity index (χ0v) is 11.5. The van der Waals surface area contributed by atoms with Gasteiger partial charge in [0.2, 0.25) is 0 Å². The molecule has 0 atom stereocenters. The summed E-state index contributed by atoms with van der Waals surface area (Å²) in [5, 5.41) is 4.54. The molecular formula is C14H17FN2O2. The van der Waals surface area contributed by atoms with Crippen molar-refractivity contribution in [3.63, 3.8) is 0 Å². The number of benzene rings is 1. The minimum absolute atomic E-state index is 0.371. The zero-order chi connectivity index (χ0) is 14.2. The number of ether oxygens (including phenoxy) is 1. The quantitative estimate of drug-likeness (QED) is 0.791. The van der Waals surface area contributed by atoms with Gasteiger partial charge in [-0.05, 0) is 39.3 Å². The van der Waals surface area contributed by atoms with Gasteiger partial charge < -0.3 is 4.74 Å². The molecule has 2 rings (SSSR count). The van der Waals surface area contributed by atoms with Gasteiger partial charge in [0.25, 0.3) is 0 Å². The lowest BCUT2D eigenvalue weighted by Crippen LogP contribution is -2.27. The fourth-order valence-corrected chi connectivity index (χ4v) is 1.89. The highest BCUT2D eigenvalue weighted by Crippen LogP contribution is 2.23. The van der Waals surface area contributed by atoms with Gasteiger partial charge in [0.05, 0.1) is 16.6 Å². The van der Waals surface area contributed by atoms with E-state index in [1.165, 1.54) is 6.07 Å². The summed E-state index contributed by atoms with van der Waals surface area (Å²) < 4.78 is 20.2. The summed E-state index contributed by atoms with van der Waals surface area (Å²) in [6, 6.07) is 4.58. The Balaban J connectivity index is 2.56. The number of rotatable bonds is 1. The van der Waals surface area contributed by atoms with Gasteiger partial charge in [-0.15, -0.1) is 0 Å². The van der Waals surface area contributed by atoms with Gasteiger partial charge in [0.1, 0.15) is 11.4 Å². The Morgan fingerprint density at radius 3 is 2.68 bits per heavy atom. The Bertz CT molecular complexity index is 626. The molecule has 0 spiro atoms. The normalized spacial score (nSPS) is 11.8. The molecule has 1 heterocycles. The summed E-state index contributed by atoms with van der Waals surface area (Å²) in [5.74, 6) is -0.371. The van der Waals surface area contributed by atoms with Gasteiger partial charge >= 0.3 is 6.09 Å². The van der Waals surface area contributed by atoms with E-state index in [9.17, 15) is 9.18 Å². The number of carbonyl (C=O) groups is 1. The average molecular weight is 264 g/mol. The first-order valence-electron chi connectivity index (χ1n) is 6.23. The molecule has 0 fully saturated rings. The molecular weight excluding hydrogens is 247 g/mol. The van der Waals surface area contributed by atoms with Crippen LogP contribution in [0.15, 0.2) is 18.2 Å². The molecule has 0 unspecified atom stereocenters. The van der Waals surface area contributed by atoms with Crippen molar-refractivity contribution in [2.45, 2.75) is 39.7 Å². The molecule has 1 aromatic carbocycles. The van der Waals surface area contributed by atoms with Crippen LogP contribution in [0.4, 0.5) is 9.18 Å². The predicted molar refractivity (Wildman–Crippen MR) is 70.7 cm³/mol. The standard InChI is InChI=1S/C14H17FN2O2/c1-5-10-12-9(15)7-6-8-11(12)17(16-10)13(18)19-14(2,3)4/h6-8H,5H2,1-4H3. The van der Waals surface area contributed by atoms with E-state index in [0.29, 0.717) is 23.0 Å². The molecule has 0 radical (unpaired) electrons. The van der Waals surface area contributed by atoms with E-state index in [0.717, 1.165) is 4.68 Å². The van der Waals surface area contributed by atoms with Crippen LogP contribution < -0.4 is 0 Å². The third kappa shape index (κ3) is 2.59. The summed E-state index contributed by atoms with van der Waals surface area (Å²) in [6.07, 6.45) is -0.0458. The van der Waals surface area contributed by atoms with Crippen molar-refractivity contribution in [2.24, 2.45) is 0 Å². The number of hydrogen-bond acceptors (Lipinski definition) is 3. The van der Waals surface area contributed by atoms with Crippen LogP contribution in [0, 0.1) is 5.82 Å². The number of nitrogens with zero attached hydrogens (tertiary/aromatic N) is 2. The van der Waals surface area contributed by atoms with Crippen LogP contribution in [0.1, 0.15) is 33.4 Å². The van der Waals surface area contributed by atoms with Gasteiger partial charge in [-0.3, -0.25) is 0 Å². The fourth-order valence-electron chi connectivity index (χ4n) is 1.89. The number of fused-ring (bicyclic) bond motifs is 1. The highest BCUT2D eigenvalue weighted by atomic mass is 19.1. The molecule has 1 aromatic heterocycles. The molecule has 0 amide bonds. The summed E-state index contributed by atoms with van der Waals surface area (Å²) >= 11 is 0. The number of carbonyl (C=O) groups excluding carboxylic acids is 1. The van der Waals surface area contributed by atoms with E-state index in [1.54, 1.807) is 32.9 Å². The maximum Gasteiger partial charge on any atom is 0.435 e.